The molecular formula is C36H31FN4O4S. The number of carbonyl (C=O) groups is 2. The number of allylic oxidation sites excluding steroid dienone is 1. The minimum absolute atomic E-state index is 0.0691. The number of nitrogens with zero attached hydrogens (tertiary/aromatic N) is 2. The van der Waals surface area contributed by atoms with Crippen molar-refractivity contribution in [2.75, 3.05) is 30.2 Å². The van der Waals surface area contributed by atoms with Crippen molar-refractivity contribution < 1.29 is 23.5 Å². The van der Waals surface area contributed by atoms with E-state index in [4.69, 9.17) is 9.47 Å². The van der Waals surface area contributed by atoms with Crippen molar-refractivity contribution >= 4 is 45.9 Å². The number of thioether (sulfide) groups is 1. The second-order valence-corrected chi connectivity index (χ2v) is 12.2. The van der Waals surface area contributed by atoms with Crippen molar-refractivity contribution in [1.29, 1.82) is 0 Å². The Balaban J connectivity index is 1.30. The number of anilines is 2. The number of H-pyrrole nitrogens is 1. The molecule has 0 saturated heterocycles. The molecule has 1 aliphatic carbocycles. The Hall–Kier alpha value is -5.09. The van der Waals surface area contributed by atoms with Gasteiger partial charge in [-0.2, -0.15) is 0 Å². The van der Waals surface area contributed by atoms with Crippen LogP contribution in [0.15, 0.2) is 107 Å². The summed E-state index contributed by atoms with van der Waals surface area (Å²) in [6, 6.07) is 26.3. The number of nitrogens with one attached hydrogen (secondary N) is 2. The molecular weight excluding hydrogens is 603 g/mol. The summed E-state index contributed by atoms with van der Waals surface area (Å²) >= 11 is 1.30. The van der Waals surface area contributed by atoms with Gasteiger partial charge < -0.3 is 19.8 Å². The number of aromatic nitrogens is 2. The minimum atomic E-state index is -0.712. The maximum absolute atomic E-state index is 14.5. The van der Waals surface area contributed by atoms with Gasteiger partial charge in [-0.1, -0.05) is 48.2 Å². The zero-order valence-electron chi connectivity index (χ0n) is 25.2. The van der Waals surface area contributed by atoms with Crippen LogP contribution >= 0.6 is 11.8 Å². The summed E-state index contributed by atoms with van der Waals surface area (Å²) in [4.78, 5) is 38.4. The number of aromatic amines is 1. The predicted molar refractivity (Wildman–Crippen MR) is 177 cm³/mol. The molecule has 2 N–H and O–H groups in total. The summed E-state index contributed by atoms with van der Waals surface area (Å²) in [6.07, 6.45) is 0.767. The van der Waals surface area contributed by atoms with Gasteiger partial charge in [-0.25, -0.2) is 9.37 Å². The van der Waals surface area contributed by atoms with Gasteiger partial charge in [0.15, 0.2) is 10.9 Å². The van der Waals surface area contributed by atoms with Crippen LogP contribution in [0.2, 0.25) is 0 Å². The zero-order chi connectivity index (χ0) is 31.8. The van der Waals surface area contributed by atoms with E-state index in [2.05, 4.69) is 15.3 Å². The first-order chi connectivity index (χ1) is 22.4. The molecule has 0 spiro atoms. The lowest BCUT2D eigenvalue weighted by Gasteiger charge is -2.35. The Labute approximate surface area is 269 Å². The smallest absolute Gasteiger partial charge is 0.238 e. The molecule has 2 atom stereocenters. The fourth-order valence-electron chi connectivity index (χ4n) is 6.32. The van der Waals surface area contributed by atoms with Gasteiger partial charge in [0.1, 0.15) is 17.3 Å². The molecule has 7 rings (SSSR count). The van der Waals surface area contributed by atoms with Crippen LogP contribution in [0.1, 0.15) is 35.9 Å². The molecule has 1 amide bonds. The second-order valence-electron chi connectivity index (χ2n) is 11.3. The van der Waals surface area contributed by atoms with Gasteiger partial charge in [0.2, 0.25) is 5.91 Å². The van der Waals surface area contributed by atoms with Crippen LogP contribution in [-0.4, -0.2) is 41.6 Å². The standard InChI is InChI=1S/C36H31FN4O4S/c1-44-25-7-5-6-22(16-25)35-34-30(17-23(18-32(34)42)21-10-12-24(37)13-11-21)38-28-8-3-4-9-31(28)41(35)33(43)20-46-36-39-27-15-14-26(45-2)19-29(27)40-36/h3-16,19,23,35,38H,17-18,20H2,1-2H3,(H,39,40)/t23-,35-/m1/s1. The van der Waals surface area contributed by atoms with Gasteiger partial charge in [-0.15, -0.1) is 0 Å². The van der Waals surface area contributed by atoms with Crippen molar-refractivity contribution in [1.82, 2.24) is 9.97 Å². The molecule has 232 valence electrons. The molecule has 2 heterocycles. The SMILES string of the molecule is COc1cccc([C@@H]2C3=C(C[C@@H](c4ccc(F)cc4)CC3=O)Nc3ccccc3N2C(=O)CSc2nc3ccc(OC)cc3[nH]2)c1. The number of benzene rings is 4. The minimum Gasteiger partial charge on any atom is -0.497 e. The summed E-state index contributed by atoms with van der Waals surface area (Å²) in [5, 5.41) is 4.14. The van der Waals surface area contributed by atoms with E-state index in [9.17, 15) is 14.0 Å². The number of methoxy groups -OCH3 is 2. The molecule has 0 fully saturated rings. The molecule has 1 aromatic heterocycles. The van der Waals surface area contributed by atoms with Crippen LogP contribution in [0.25, 0.3) is 11.0 Å². The van der Waals surface area contributed by atoms with E-state index >= 15 is 0 Å². The molecule has 8 nitrogen and oxygen atoms in total. The van der Waals surface area contributed by atoms with Gasteiger partial charge in [-0.05, 0) is 72.0 Å². The number of rotatable bonds is 7. The van der Waals surface area contributed by atoms with E-state index in [1.54, 1.807) is 31.3 Å². The van der Waals surface area contributed by atoms with Crippen LogP contribution in [0, 0.1) is 5.82 Å². The van der Waals surface area contributed by atoms with Gasteiger partial charge in [0, 0.05) is 23.8 Å². The average molecular weight is 635 g/mol. The highest BCUT2D eigenvalue weighted by molar-refractivity contribution is 7.99. The lowest BCUT2D eigenvalue weighted by molar-refractivity contribution is -0.117. The number of fused-ring (bicyclic) bond motifs is 2. The Morgan fingerprint density at radius 1 is 0.935 bits per heavy atom. The quantitative estimate of drug-likeness (QED) is 0.180. The maximum Gasteiger partial charge on any atom is 0.238 e. The Morgan fingerprint density at radius 2 is 1.72 bits per heavy atom. The lowest BCUT2D eigenvalue weighted by atomic mass is 9.78. The van der Waals surface area contributed by atoms with Crippen LogP contribution < -0.4 is 19.7 Å². The highest BCUT2D eigenvalue weighted by atomic mass is 32.2. The van der Waals surface area contributed by atoms with Crippen molar-refractivity contribution in [3.63, 3.8) is 0 Å². The van der Waals surface area contributed by atoms with Crippen molar-refractivity contribution in [2.24, 2.45) is 0 Å². The number of ketones is 1. The number of hydrogen-bond donors (Lipinski definition) is 2. The third-order valence-corrected chi connectivity index (χ3v) is 9.37. The van der Waals surface area contributed by atoms with Gasteiger partial charge in [0.25, 0.3) is 0 Å². The average Bonchev–Trinajstić information content (AvgIpc) is 3.42. The lowest BCUT2D eigenvalue weighted by Crippen LogP contribution is -2.39. The number of ether oxygens (including phenoxy) is 2. The topological polar surface area (TPSA) is 96.6 Å². The number of hydrogen-bond acceptors (Lipinski definition) is 7. The Kier molecular flexibility index (Phi) is 7.96. The zero-order valence-corrected chi connectivity index (χ0v) is 26.1. The number of imidazole rings is 1. The largest absolute Gasteiger partial charge is 0.497 e. The highest BCUT2D eigenvalue weighted by Gasteiger charge is 2.41. The third kappa shape index (κ3) is 5.60. The second kappa shape index (κ2) is 12.4. The van der Waals surface area contributed by atoms with Gasteiger partial charge in [0.05, 0.1) is 48.4 Å². The molecule has 5 aromatic rings. The molecule has 2 aliphatic rings. The van der Waals surface area contributed by atoms with Crippen LogP contribution in [0.4, 0.5) is 15.8 Å². The number of para-hydroxylation sites is 2. The van der Waals surface area contributed by atoms with Gasteiger partial charge in [-0.3, -0.25) is 14.5 Å². The van der Waals surface area contributed by atoms with E-state index in [0.717, 1.165) is 33.5 Å². The highest BCUT2D eigenvalue weighted by Crippen LogP contribution is 2.48. The van der Waals surface area contributed by atoms with E-state index in [-0.39, 0.29) is 35.6 Å². The van der Waals surface area contributed by atoms with E-state index in [1.165, 1.54) is 23.9 Å². The number of Topliss-reactive ketones (excluding diaryl/α,β-unsaturated/α-hetero) is 1. The van der Waals surface area contributed by atoms with Crippen LogP contribution in [-0.2, 0) is 9.59 Å². The van der Waals surface area contributed by atoms with Crippen LogP contribution in [0.3, 0.4) is 0 Å². The fraction of sp³-hybridized carbons (Fsp3) is 0.194. The van der Waals surface area contributed by atoms with E-state index in [0.29, 0.717) is 34.3 Å². The first kappa shape index (κ1) is 29.6. The summed E-state index contributed by atoms with van der Waals surface area (Å²) in [7, 11) is 3.20. The normalized spacial score (nSPS) is 17.6. The molecule has 0 saturated carbocycles. The molecule has 4 aromatic carbocycles. The van der Waals surface area contributed by atoms with Crippen LogP contribution in [0.5, 0.6) is 11.5 Å². The summed E-state index contributed by atoms with van der Waals surface area (Å²) in [5.74, 6) is 0.689. The number of amides is 1. The molecule has 0 radical (unpaired) electrons. The molecule has 0 bridgehead atoms. The summed E-state index contributed by atoms with van der Waals surface area (Å²) in [5.41, 5.74) is 5.91. The molecule has 10 heteroatoms. The summed E-state index contributed by atoms with van der Waals surface area (Å²) < 4.78 is 24.6. The Morgan fingerprint density at radius 3 is 2.52 bits per heavy atom. The summed E-state index contributed by atoms with van der Waals surface area (Å²) in [6.45, 7) is 0. The van der Waals surface area contributed by atoms with E-state index < -0.39 is 6.04 Å². The Bertz CT molecular complexity index is 1990. The van der Waals surface area contributed by atoms with Gasteiger partial charge >= 0.3 is 0 Å². The molecule has 46 heavy (non-hydrogen) atoms. The molecule has 1 aliphatic heterocycles. The number of carbonyl (C=O) groups excluding carboxylic acids is 2. The monoisotopic (exact) mass is 634 g/mol. The molecule has 0 unspecified atom stereocenters. The first-order valence-corrected chi connectivity index (χ1v) is 15.9. The number of halogens is 1. The van der Waals surface area contributed by atoms with E-state index in [1.807, 2.05) is 66.7 Å². The maximum atomic E-state index is 14.5. The van der Waals surface area contributed by atoms with Crippen molar-refractivity contribution in [3.8, 4) is 11.5 Å². The first-order valence-electron chi connectivity index (χ1n) is 14.9. The van der Waals surface area contributed by atoms with Crippen molar-refractivity contribution in [3.05, 3.63) is 119 Å². The predicted octanol–water partition coefficient (Wildman–Crippen LogP) is 7.41. The third-order valence-electron chi connectivity index (χ3n) is 8.51. The fourth-order valence-corrected chi connectivity index (χ4v) is 7.07. The van der Waals surface area contributed by atoms with Crippen molar-refractivity contribution in [2.45, 2.75) is 30.0 Å².